The normalized spacial score (nSPS) is 10.8. The first-order valence-electron chi connectivity index (χ1n) is 5.19. The second-order valence-electron chi connectivity index (χ2n) is 3.41. The highest BCUT2D eigenvalue weighted by atomic mass is 79.9. The van der Waals surface area contributed by atoms with E-state index < -0.39 is 0 Å². The second kappa shape index (κ2) is 5.37. The monoisotopic (exact) mass is 299 g/mol. The first kappa shape index (κ1) is 12.2. The molecule has 90 valence electrons. The maximum Gasteiger partial charge on any atom is 0.248 e. The Balaban J connectivity index is 2.24. The van der Waals surface area contributed by atoms with E-state index in [1.165, 1.54) is 12.1 Å². The molecule has 0 saturated carbocycles. The third kappa shape index (κ3) is 2.89. The molecule has 1 heterocycles. The van der Waals surface area contributed by atoms with Gasteiger partial charge < -0.3 is 9.73 Å². The van der Waals surface area contributed by atoms with Gasteiger partial charge in [0.25, 0.3) is 0 Å². The van der Waals surface area contributed by atoms with Crippen LogP contribution in [0, 0.1) is 5.82 Å². The van der Waals surface area contributed by atoms with Gasteiger partial charge in [-0.05, 0) is 40.7 Å². The number of hydrogen-bond donors (Lipinski definition) is 1. The average Bonchev–Trinajstić information content (AvgIpc) is 2.75. The largest absolute Gasteiger partial charge is 0.419 e. The van der Waals surface area contributed by atoms with Gasteiger partial charge in [-0.25, -0.2) is 4.39 Å². The first-order valence-corrected chi connectivity index (χ1v) is 5.98. The lowest BCUT2D eigenvalue weighted by molar-refractivity contribution is 0.482. The van der Waals surface area contributed by atoms with Gasteiger partial charge in [0.1, 0.15) is 5.82 Å². The Hall–Kier alpha value is -1.27. The van der Waals surface area contributed by atoms with Crippen LogP contribution in [-0.4, -0.2) is 16.7 Å². The Morgan fingerprint density at radius 3 is 2.94 bits per heavy atom. The fraction of sp³-hybridized carbons (Fsp3) is 0.273. The number of nitrogens with zero attached hydrogens (tertiary/aromatic N) is 2. The SMILES string of the molecule is CCNCc1nnc(-c2ccc(F)cc2Br)o1. The van der Waals surface area contributed by atoms with E-state index in [-0.39, 0.29) is 5.82 Å². The summed E-state index contributed by atoms with van der Waals surface area (Å²) < 4.78 is 19.0. The first-order chi connectivity index (χ1) is 8.20. The van der Waals surface area contributed by atoms with Crippen LogP contribution >= 0.6 is 15.9 Å². The zero-order valence-corrected chi connectivity index (χ0v) is 10.8. The minimum absolute atomic E-state index is 0.312. The Labute approximate surface area is 106 Å². The lowest BCUT2D eigenvalue weighted by Gasteiger charge is -1.98. The van der Waals surface area contributed by atoms with Gasteiger partial charge in [0.05, 0.1) is 12.1 Å². The van der Waals surface area contributed by atoms with Crippen molar-refractivity contribution >= 4 is 15.9 Å². The minimum Gasteiger partial charge on any atom is -0.419 e. The van der Waals surface area contributed by atoms with Gasteiger partial charge in [-0.3, -0.25) is 0 Å². The van der Waals surface area contributed by atoms with Gasteiger partial charge >= 0.3 is 0 Å². The van der Waals surface area contributed by atoms with Crippen LogP contribution in [0.25, 0.3) is 11.5 Å². The van der Waals surface area contributed by atoms with Crippen molar-refractivity contribution in [3.63, 3.8) is 0 Å². The highest BCUT2D eigenvalue weighted by Crippen LogP contribution is 2.27. The molecule has 6 heteroatoms. The summed E-state index contributed by atoms with van der Waals surface area (Å²) in [4.78, 5) is 0. The molecule has 0 aliphatic heterocycles. The molecule has 4 nitrogen and oxygen atoms in total. The molecular formula is C11H11BrFN3O. The molecule has 0 spiro atoms. The summed E-state index contributed by atoms with van der Waals surface area (Å²) in [7, 11) is 0. The summed E-state index contributed by atoms with van der Waals surface area (Å²) in [6.45, 7) is 3.36. The summed E-state index contributed by atoms with van der Waals surface area (Å²) in [5.41, 5.74) is 0.682. The van der Waals surface area contributed by atoms with E-state index in [0.29, 0.717) is 28.4 Å². The lowest BCUT2D eigenvalue weighted by atomic mass is 10.2. The van der Waals surface area contributed by atoms with Gasteiger partial charge in [0.2, 0.25) is 11.8 Å². The van der Waals surface area contributed by atoms with Crippen molar-refractivity contribution in [3.05, 3.63) is 34.4 Å². The van der Waals surface area contributed by atoms with Crippen LogP contribution in [0.15, 0.2) is 27.1 Å². The number of aromatic nitrogens is 2. The van der Waals surface area contributed by atoms with E-state index in [1.807, 2.05) is 6.92 Å². The topological polar surface area (TPSA) is 51.0 Å². The van der Waals surface area contributed by atoms with Gasteiger partial charge in [-0.15, -0.1) is 10.2 Å². The van der Waals surface area contributed by atoms with Crippen molar-refractivity contribution in [2.24, 2.45) is 0 Å². The van der Waals surface area contributed by atoms with Crippen LogP contribution in [-0.2, 0) is 6.54 Å². The molecule has 0 bridgehead atoms. The Bertz CT molecular complexity index is 515. The predicted octanol–water partition coefficient (Wildman–Crippen LogP) is 2.75. The van der Waals surface area contributed by atoms with Crippen LogP contribution in [0.4, 0.5) is 4.39 Å². The Morgan fingerprint density at radius 1 is 1.41 bits per heavy atom. The summed E-state index contributed by atoms with van der Waals surface area (Å²) >= 11 is 3.26. The molecule has 2 rings (SSSR count). The highest BCUT2D eigenvalue weighted by molar-refractivity contribution is 9.10. The van der Waals surface area contributed by atoms with E-state index in [1.54, 1.807) is 6.07 Å². The molecule has 0 atom stereocenters. The van der Waals surface area contributed by atoms with E-state index in [4.69, 9.17) is 4.42 Å². The third-order valence-electron chi connectivity index (χ3n) is 2.15. The molecule has 17 heavy (non-hydrogen) atoms. The average molecular weight is 300 g/mol. The fourth-order valence-corrected chi connectivity index (χ4v) is 1.85. The van der Waals surface area contributed by atoms with Gasteiger partial charge in [-0.2, -0.15) is 0 Å². The molecule has 2 aromatic rings. The predicted molar refractivity (Wildman–Crippen MR) is 64.8 cm³/mol. The number of benzene rings is 1. The smallest absolute Gasteiger partial charge is 0.248 e. The molecule has 0 amide bonds. The van der Waals surface area contributed by atoms with Crippen LogP contribution < -0.4 is 5.32 Å². The molecule has 0 radical (unpaired) electrons. The third-order valence-corrected chi connectivity index (χ3v) is 2.81. The quantitative estimate of drug-likeness (QED) is 0.943. The van der Waals surface area contributed by atoms with Gasteiger partial charge in [0.15, 0.2) is 0 Å². The summed E-state index contributed by atoms with van der Waals surface area (Å²) in [5, 5.41) is 10.9. The number of halogens is 2. The van der Waals surface area contributed by atoms with E-state index >= 15 is 0 Å². The van der Waals surface area contributed by atoms with Crippen molar-refractivity contribution in [2.75, 3.05) is 6.54 Å². The van der Waals surface area contributed by atoms with Crippen molar-refractivity contribution in [2.45, 2.75) is 13.5 Å². The molecule has 0 fully saturated rings. The van der Waals surface area contributed by atoms with Crippen molar-refractivity contribution < 1.29 is 8.81 Å². The molecule has 0 unspecified atom stereocenters. The van der Waals surface area contributed by atoms with Crippen LogP contribution in [0.1, 0.15) is 12.8 Å². The highest BCUT2D eigenvalue weighted by Gasteiger charge is 2.11. The zero-order chi connectivity index (χ0) is 12.3. The minimum atomic E-state index is -0.312. The number of rotatable bonds is 4. The van der Waals surface area contributed by atoms with Crippen LogP contribution in [0.3, 0.4) is 0 Å². The van der Waals surface area contributed by atoms with E-state index in [0.717, 1.165) is 6.54 Å². The van der Waals surface area contributed by atoms with E-state index in [9.17, 15) is 4.39 Å². The summed E-state index contributed by atoms with van der Waals surface area (Å²) in [5.74, 6) is 0.580. The maximum atomic E-state index is 12.9. The van der Waals surface area contributed by atoms with Crippen LogP contribution in [0.2, 0.25) is 0 Å². The molecule has 0 aliphatic rings. The molecule has 1 aromatic heterocycles. The van der Waals surface area contributed by atoms with Crippen molar-refractivity contribution in [3.8, 4) is 11.5 Å². The number of hydrogen-bond acceptors (Lipinski definition) is 4. The molecule has 1 N–H and O–H groups in total. The summed E-state index contributed by atoms with van der Waals surface area (Å²) in [6, 6.07) is 4.32. The van der Waals surface area contributed by atoms with Gasteiger partial charge in [-0.1, -0.05) is 6.92 Å². The van der Waals surface area contributed by atoms with Gasteiger partial charge in [0, 0.05) is 4.47 Å². The fourth-order valence-electron chi connectivity index (χ4n) is 1.33. The Kier molecular flexibility index (Phi) is 3.86. The summed E-state index contributed by atoms with van der Waals surface area (Å²) in [6.07, 6.45) is 0. The van der Waals surface area contributed by atoms with E-state index in [2.05, 4.69) is 31.4 Å². The van der Waals surface area contributed by atoms with Crippen molar-refractivity contribution in [1.82, 2.24) is 15.5 Å². The molecule has 0 aliphatic carbocycles. The van der Waals surface area contributed by atoms with Crippen molar-refractivity contribution in [1.29, 1.82) is 0 Å². The van der Waals surface area contributed by atoms with Crippen LogP contribution in [0.5, 0.6) is 0 Å². The Morgan fingerprint density at radius 2 is 2.24 bits per heavy atom. The maximum absolute atomic E-state index is 12.9. The molecule has 1 aromatic carbocycles. The zero-order valence-electron chi connectivity index (χ0n) is 9.20. The number of nitrogens with one attached hydrogen (secondary N) is 1. The second-order valence-corrected chi connectivity index (χ2v) is 4.26. The standard InChI is InChI=1S/C11H11BrFN3O/c1-2-14-6-10-15-16-11(17-10)8-4-3-7(13)5-9(8)12/h3-5,14H,2,6H2,1H3. The molecular weight excluding hydrogens is 289 g/mol. The molecule has 0 saturated heterocycles. The lowest BCUT2D eigenvalue weighted by Crippen LogP contribution is -2.11.